The number of methoxy groups -OCH3 is 1. The molecular formula is C14H15N3O3. The summed E-state index contributed by atoms with van der Waals surface area (Å²) in [7, 11) is 1.37. The maximum atomic E-state index is 12.5. The molecule has 20 heavy (non-hydrogen) atoms. The van der Waals surface area contributed by atoms with E-state index in [0.29, 0.717) is 25.2 Å². The van der Waals surface area contributed by atoms with Crippen molar-refractivity contribution in [2.24, 2.45) is 5.92 Å². The Kier molecular flexibility index (Phi) is 3.14. The lowest BCUT2D eigenvalue weighted by molar-refractivity contribution is -0.144. The van der Waals surface area contributed by atoms with Crippen molar-refractivity contribution in [3.05, 3.63) is 30.0 Å². The van der Waals surface area contributed by atoms with Gasteiger partial charge in [-0.2, -0.15) is 5.10 Å². The fourth-order valence-corrected chi connectivity index (χ4v) is 2.58. The van der Waals surface area contributed by atoms with Crippen LogP contribution >= 0.6 is 0 Å². The highest BCUT2D eigenvalue weighted by atomic mass is 16.5. The number of esters is 1. The number of carbonyl (C=O) groups is 2. The number of nitrogens with zero attached hydrogens (tertiary/aromatic N) is 2. The number of likely N-dealkylation sites (tertiary alicyclic amines) is 1. The number of ether oxygens (including phenoxy) is 1. The Morgan fingerprint density at radius 1 is 1.40 bits per heavy atom. The highest BCUT2D eigenvalue weighted by molar-refractivity contribution is 6.04. The molecule has 0 saturated carbocycles. The molecule has 1 aliphatic heterocycles. The highest BCUT2D eigenvalue weighted by Crippen LogP contribution is 2.22. The summed E-state index contributed by atoms with van der Waals surface area (Å²) in [6, 6.07) is 7.49. The summed E-state index contributed by atoms with van der Waals surface area (Å²) in [5.74, 6) is -0.629. The van der Waals surface area contributed by atoms with Crippen molar-refractivity contribution in [2.75, 3.05) is 20.2 Å². The van der Waals surface area contributed by atoms with Crippen LogP contribution in [0.2, 0.25) is 0 Å². The molecule has 3 rings (SSSR count). The molecule has 0 radical (unpaired) electrons. The van der Waals surface area contributed by atoms with Crippen LogP contribution < -0.4 is 0 Å². The Hall–Kier alpha value is -2.37. The number of para-hydroxylation sites is 1. The summed E-state index contributed by atoms with van der Waals surface area (Å²) in [6.07, 6.45) is 0.640. The van der Waals surface area contributed by atoms with Crippen LogP contribution in [0.3, 0.4) is 0 Å². The van der Waals surface area contributed by atoms with Gasteiger partial charge in [-0.3, -0.25) is 14.7 Å². The summed E-state index contributed by atoms with van der Waals surface area (Å²) < 4.78 is 4.72. The van der Waals surface area contributed by atoms with Gasteiger partial charge in [0.15, 0.2) is 5.69 Å². The van der Waals surface area contributed by atoms with Gasteiger partial charge in [0.05, 0.1) is 18.5 Å². The molecule has 1 amide bonds. The van der Waals surface area contributed by atoms with Crippen LogP contribution in [0.5, 0.6) is 0 Å². The minimum Gasteiger partial charge on any atom is -0.469 e. The van der Waals surface area contributed by atoms with Crippen molar-refractivity contribution >= 4 is 22.8 Å². The minimum atomic E-state index is -0.257. The second-order valence-electron chi connectivity index (χ2n) is 4.88. The predicted molar refractivity (Wildman–Crippen MR) is 72.1 cm³/mol. The van der Waals surface area contributed by atoms with Crippen LogP contribution in [-0.2, 0) is 9.53 Å². The topological polar surface area (TPSA) is 75.3 Å². The number of rotatable bonds is 2. The predicted octanol–water partition coefficient (Wildman–Crippen LogP) is 1.20. The van der Waals surface area contributed by atoms with Gasteiger partial charge in [-0.1, -0.05) is 18.2 Å². The quantitative estimate of drug-likeness (QED) is 0.834. The zero-order chi connectivity index (χ0) is 14.1. The summed E-state index contributed by atoms with van der Waals surface area (Å²) in [6.45, 7) is 0.951. The SMILES string of the molecule is COC(=O)C1CCN(C(=O)c2n[nH]c3ccccc23)C1. The van der Waals surface area contributed by atoms with Crippen LogP contribution in [0.15, 0.2) is 24.3 Å². The fourth-order valence-electron chi connectivity index (χ4n) is 2.58. The number of nitrogens with one attached hydrogen (secondary N) is 1. The van der Waals surface area contributed by atoms with E-state index in [9.17, 15) is 9.59 Å². The molecule has 6 nitrogen and oxygen atoms in total. The van der Waals surface area contributed by atoms with Crippen LogP contribution in [0, 0.1) is 5.92 Å². The maximum absolute atomic E-state index is 12.5. The molecule has 1 atom stereocenters. The molecule has 2 aromatic rings. The molecule has 2 heterocycles. The first-order valence-electron chi connectivity index (χ1n) is 6.51. The van der Waals surface area contributed by atoms with Gasteiger partial charge in [0.25, 0.3) is 5.91 Å². The summed E-state index contributed by atoms with van der Waals surface area (Å²) in [5, 5.41) is 7.75. The number of fused-ring (bicyclic) bond motifs is 1. The average molecular weight is 273 g/mol. The van der Waals surface area contributed by atoms with E-state index < -0.39 is 0 Å². The smallest absolute Gasteiger partial charge is 0.310 e. The molecular weight excluding hydrogens is 258 g/mol. The van der Waals surface area contributed by atoms with E-state index in [1.807, 2.05) is 24.3 Å². The van der Waals surface area contributed by atoms with Gasteiger partial charge in [0.1, 0.15) is 0 Å². The van der Waals surface area contributed by atoms with Crippen molar-refractivity contribution < 1.29 is 14.3 Å². The first-order chi connectivity index (χ1) is 9.70. The van der Waals surface area contributed by atoms with Gasteiger partial charge in [-0.25, -0.2) is 0 Å². The van der Waals surface area contributed by atoms with E-state index in [0.717, 1.165) is 10.9 Å². The zero-order valence-electron chi connectivity index (χ0n) is 11.1. The van der Waals surface area contributed by atoms with E-state index in [1.165, 1.54) is 7.11 Å². The van der Waals surface area contributed by atoms with Crippen LogP contribution in [0.25, 0.3) is 10.9 Å². The number of aromatic nitrogens is 2. The van der Waals surface area contributed by atoms with Crippen molar-refractivity contribution in [2.45, 2.75) is 6.42 Å². The molecule has 1 N–H and O–H groups in total. The van der Waals surface area contributed by atoms with Gasteiger partial charge in [-0.15, -0.1) is 0 Å². The van der Waals surface area contributed by atoms with Crippen LogP contribution in [-0.4, -0.2) is 47.2 Å². The zero-order valence-corrected chi connectivity index (χ0v) is 11.1. The Morgan fingerprint density at radius 2 is 2.20 bits per heavy atom. The highest BCUT2D eigenvalue weighted by Gasteiger charge is 2.33. The normalized spacial score (nSPS) is 18.4. The second-order valence-corrected chi connectivity index (χ2v) is 4.88. The largest absolute Gasteiger partial charge is 0.469 e. The fraction of sp³-hybridized carbons (Fsp3) is 0.357. The lowest BCUT2D eigenvalue weighted by Gasteiger charge is -2.14. The van der Waals surface area contributed by atoms with E-state index in [4.69, 9.17) is 4.74 Å². The first-order valence-corrected chi connectivity index (χ1v) is 6.51. The van der Waals surface area contributed by atoms with Crippen molar-refractivity contribution in [1.82, 2.24) is 15.1 Å². The van der Waals surface area contributed by atoms with E-state index in [-0.39, 0.29) is 17.8 Å². The van der Waals surface area contributed by atoms with E-state index in [2.05, 4.69) is 10.2 Å². The molecule has 0 spiro atoms. The maximum Gasteiger partial charge on any atom is 0.310 e. The van der Waals surface area contributed by atoms with E-state index in [1.54, 1.807) is 4.90 Å². The molecule has 1 aromatic heterocycles. The van der Waals surface area contributed by atoms with Crippen LogP contribution in [0.1, 0.15) is 16.9 Å². The first kappa shape index (κ1) is 12.7. The summed E-state index contributed by atoms with van der Waals surface area (Å²) >= 11 is 0. The Morgan fingerprint density at radius 3 is 3.00 bits per heavy atom. The molecule has 6 heteroatoms. The third kappa shape index (κ3) is 2.03. The van der Waals surface area contributed by atoms with Crippen molar-refractivity contribution in [1.29, 1.82) is 0 Å². The van der Waals surface area contributed by atoms with Gasteiger partial charge >= 0.3 is 5.97 Å². The number of amides is 1. The minimum absolute atomic E-state index is 0.145. The Labute approximate surface area is 115 Å². The second kappa shape index (κ2) is 4.96. The van der Waals surface area contributed by atoms with Gasteiger partial charge in [0, 0.05) is 18.5 Å². The number of aromatic amines is 1. The number of hydrogen-bond donors (Lipinski definition) is 1. The number of H-pyrrole nitrogens is 1. The Bertz CT molecular complexity index is 664. The van der Waals surface area contributed by atoms with Gasteiger partial charge < -0.3 is 9.64 Å². The number of carbonyl (C=O) groups excluding carboxylic acids is 2. The van der Waals surface area contributed by atoms with E-state index >= 15 is 0 Å². The molecule has 0 aliphatic carbocycles. The molecule has 104 valence electrons. The third-order valence-corrected chi connectivity index (χ3v) is 3.68. The lowest BCUT2D eigenvalue weighted by atomic mass is 10.1. The Balaban J connectivity index is 1.82. The molecule has 1 aromatic carbocycles. The van der Waals surface area contributed by atoms with Gasteiger partial charge in [-0.05, 0) is 12.5 Å². The van der Waals surface area contributed by atoms with Crippen molar-refractivity contribution in [3.63, 3.8) is 0 Å². The van der Waals surface area contributed by atoms with Crippen molar-refractivity contribution in [3.8, 4) is 0 Å². The molecule has 1 unspecified atom stereocenters. The lowest BCUT2D eigenvalue weighted by Crippen LogP contribution is -2.30. The van der Waals surface area contributed by atoms with Crippen LogP contribution in [0.4, 0.5) is 0 Å². The number of benzene rings is 1. The third-order valence-electron chi connectivity index (χ3n) is 3.68. The molecule has 0 bridgehead atoms. The molecule has 1 saturated heterocycles. The molecule has 1 aliphatic rings. The summed E-state index contributed by atoms with van der Waals surface area (Å²) in [5.41, 5.74) is 1.24. The standard InChI is InChI=1S/C14H15N3O3/c1-20-14(19)9-6-7-17(8-9)13(18)12-10-4-2-3-5-11(10)15-16-12/h2-5,9H,6-8H2,1H3,(H,15,16). The number of hydrogen-bond acceptors (Lipinski definition) is 4. The van der Waals surface area contributed by atoms with Gasteiger partial charge in [0.2, 0.25) is 0 Å². The summed E-state index contributed by atoms with van der Waals surface area (Å²) in [4.78, 5) is 25.6. The molecule has 1 fully saturated rings. The monoisotopic (exact) mass is 273 g/mol. The average Bonchev–Trinajstić information content (AvgIpc) is 3.12.